The Kier molecular flexibility index (Phi) is 14.7. The van der Waals surface area contributed by atoms with Gasteiger partial charge in [0.2, 0.25) is 0 Å². The molecular weight excluding hydrogens is 629 g/mol. The zero-order valence-electron chi connectivity index (χ0n) is 30.3. The fraction of sp³-hybridized carbons (Fsp3) is 0.450. The molecule has 0 aromatic heterocycles. The number of hydrogen-bond donors (Lipinski definition) is 1. The van der Waals surface area contributed by atoms with Crippen molar-refractivity contribution in [3.8, 4) is 11.5 Å². The van der Waals surface area contributed by atoms with Gasteiger partial charge in [0.1, 0.15) is 20.3 Å². The highest BCUT2D eigenvalue weighted by Gasteiger charge is 2.52. The quantitative estimate of drug-likeness (QED) is 0.0936. The average Bonchev–Trinajstić information content (AvgIpc) is 3.07. The minimum Gasteiger partial charge on any atom is -0.414 e. The van der Waals surface area contributed by atoms with Gasteiger partial charge in [-0.2, -0.15) is 0 Å². The molecule has 0 unspecified atom stereocenters. The molecule has 0 bridgehead atoms. The van der Waals surface area contributed by atoms with Crippen molar-refractivity contribution in [2.75, 3.05) is 6.61 Å². The van der Waals surface area contributed by atoms with Crippen molar-refractivity contribution in [1.29, 1.82) is 0 Å². The van der Waals surface area contributed by atoms with Crippen molar-refractivity contribution in [2.45, 2.75) is 109 Å². The third-order valence-corrected chi connectivity index (χ3v) is 19.5. The van der Waals surface area contributed by atoms with Crippen LogP contribution in [0.5, 0.6) is 0 Å². The Labute approximate surface area is 288 Å². The fourth-order valence-corrected chi connectivity index (χ4v) is 13.8. The van der Waals surface area contributed by atoms with Gasteiger partial charge in [-0.25, -0.2) is 0 Å². The molecule has 0 saturated carbocycles. The maximum Gasteiger partial charge on any atom is 0.262 e. The predicted molar refractivity (Wildman–Crippen MR) is 207 cm³/mol. The van der Waals surface area contributed by atoms with Gasteiger partial charge in [-0.15, -0.1) is 5.54 Å². The van der Waals surface area contributed by atoms with Crippen LogP contribution in [0.2, 0.25) is 42.8 Å². The summed E-state index contributed by atoms with van der Waals surface area (Å²) >= 11 is 0. The predicted octanol–water partition coefficient (Wildman–Crippen LogP) is 8.34. The van der Waals surface area contributed by atoms with Gasteiger partial charge in [-0.3, -0.25) is 0 Å². The number of aliphatic hydroxyl groups excluding tert-OH is 1. The largest absolute Gasteiger partial charge is 0.414 e. The normalized spacial score (nSPS) is 14.8. The van der Waals surface area contributed by atoms with Crippen LogP contribution in [-0.2, 0) is 20.2 Å². The molecule has 1 N–H and O–H groups in total. The lowest BCUT2D eigenvalue weighted by molar-refractivity contribution is 0.0345. The van der Waals surface area contributed by atoms with E-state index in [9.17, 15) is 5.11 Å². The molecule has 0 heterocycles. The van der Waals surface area contributed by atoms with Gasteiger partial charge in [-0.05, 0) is 39.1 Å². The summed E-state index contributed by atoms with van der Waals surface area (Å²) in [4.78, 5) is 0. The van der Waals surface area contributed by atoms with Crippen LogP contribution in [0.1, 0.15) is 47.1 Å². The minimum absolute atomic E-state index is 0.255. The van der Waals surface area contributed by atoms with Crippen molar-refractivity contribution < 1.29 is 18.7 Å². The summed E-state index contributed by atoms with van der Waals surface area (Å²) in [5.74, 6) is 3.21. The van der Waals surface area contributed by atoms with E-state index in [4.69, 9.17) is 13.6 Å². The van der Waals surface area contributed by atoms with Gasteiger partial charge in [0.15, 0.2) is 8.32 Å². The minimum atomic E-state index is -2.99. The monoisotopic (exact) mass is 686 g/mol. The fourth-order valence-electron chi connectivity index (χ4n) is 5.96. The van der Waals surface area contributed by atoms with E-state index in [0.717, 1.165) is 34.1 Å². The first-order valence-electron chi connectivity index (χ1n) is 17.3. The molecular formula is C40H58O4Si3. The van der Waals surface area contributed by atoms with E-state index in [2.05, 4.69) is 133 Å². The van der Waals surface area contributed by atoms with E-state index in [0.29, 0.717) is 13.2 Å². The van der Waals surface area contributed by atoms with Crippen LogP contribution in [0.4, 0.5) is 0 Å². The molecule has 3 aromatic carbocycles. The first-order chi connectivity index (χ1) is 22.3. The van der Waals surface area contributed by atoms with E-state index in [1.165, 1.54) is 0 Å². The molecule has 3 atom stereocenters. The van der Waals surface area contributed by atoms with E-state index < -0.39 is 36.9 Å². The number of hydrogen-bond acceptors (Lipinski definition) is 4. The maximum absolute atomic E-state index is 11.8. The number of aliphatic hydroxyl groups is 1. The van der Waals surface area contributed by atoms with Crippen LogP contribution in [0.3, 0.4) is 0 Å². The van der Waals surface area contributed by atoms with Crippen LogP contribution in [0.25, 0.3) is 0 Å². The first kappa shape index (κ1) is 38.9. The number of benzene rings is 3. The molecule has 4 nitrogen and oxygen atoms in total. The molecule has 0 aliphatic carbocycles. The Hall–Kier alpha value is -2.55. The summed E-state index contributed by atoms with van der Waals surface area (Å²) in [7, 11) is -6.61. The van der Waals surface area contributed by atoms with Gasteiger partial charge in [0.25, 0.3) is 8.32 Å². The van der Waals surface area contributed by atoms with E-state index in [-0.39, 0.29) is 11.1 Å². The number of rotatable bonds is 16. The zero-order valence-corrected chi connectivity index (χ0v) is 33.3. The zero-order chi connectivity index (χ0) is 34.6. The van der Waals surface area contributed by atoms with E-state index >= 15 is 0 Å². The molecule has 0 amide bonds. The molecule has 7 heteroatoms. The van der Waals surface area contributed by atoms with Crippen LogP contribution in [0.15, 0.2) is 103 Å². The van der Waals surface area contributed by atoms with Crippen molar-refractivity contribution in [3.05, 3.63) is 109 Å². The summed E-state index contributed by atoms with van der Waals surface area (Å²) in [6.45, 7) is 21.0. The highest BCUT2D eigenvalue weighted by atomic mass is 28.4. The molecule has 0 aliphatic rings. The van der Waals surface area contributed by atoms with Crippen molar-refractivity contribution >= 4 is 35.1 Å². The SMILES string of the molecule is CC[Si](CC)(CC)OC[C@H](/C=C\[C@@H](O[Si](c1ccccc1)(c1ccccc1)C(C)(C)C)[C@H](O)C#C[Si](C)(C)C)OCc1ccccc1. The molecule has 47 heavy (non-hydrogen) atoms. The summed E-state index contributed by atoms with van der Waals surface area (Å²) in [5.41, 5.74) is 4.51. The van der Waals surface area contributed by atoms with Crippen molar-refractivity contribution in [1.82, 2.24) is 0 Å². The summed E-state index contributed by atoms with van der Waals surface area (Å²) in [6.07, 6.45) is 2.04. The van der Waals surface area contributed by atoms with E-state index in [1.54, 1.807) is 0 Å². The standard InChI is InChI=1S/C40H58O4Si3/c1-10-46(11-2,12-3)43-33-35(42-32-34-22-16-13-17-23-34)28-29-39(38(41)30-31-45(7,8)9)44-47(40(4,5)6,36-24-18-14-19-25-36)37-26-20-15-21-27-37/h13-29,35,38-39,41H,10-12,32-33H2,1-9H3/b29-28-/t35-,38+,39+/m0/s1. The Morgan fingerprint density at radius 1 is 0.745 bits per heavy atom. The molecule has 0 spiro atoms. The smallest absolute Gasteiger partial charge is 0.262 e. The molecule has 0 fully saturated rings. The van der Waals surface area contributed by atoms with Crippen LogP contribution in [-0.4, -0.2) is 54.7 Å². The Morgan fingerprint density at radius 2 is 1.23 bits per heavy atom. The summed E-state index contributed by atoms with van der Waals surface area (Å²) < 4.78 is 20.7. The number of ether oxygens (including phenoxy) is 1. The molecule has 0 saturated heterocycles. The lowest BCUT2D eigenvalue weighted by Crippen LogP contribution is -2.68. The van der Waals surface area contributed by atoms with Crippen molar-refractivity contribution in [3.63, 3.8) is 0 Å². The Bertz CT molecular complexity index is 1370. The third kappa shape index (κ3) is 11.0. The third-order valence-electron chi connectivity index (χ3n) is 8.95. The van der Waals surface area contributed by atoms with Crippen molar-refractivity contribution in [2.24, 2.45) is 0 Å². The van der Waals surface area contributed by atoms with E-state index in [1.807, 2.05) is 42.5 Å². The Balaban J connectivity index is 2.12. The van der Waals surface area contributed by atoms with Gasteiger partial charge >= 0.3 is 0 Å². The molecule has 3 rings (SSSR count). The summed E-state index contributed by atoms with van der Waals surface area (Å²) in [5, 5.41) is 13.9. The highest BCUT2D eigenvalue weighted by Crippen LogP contribution is 2.38. The average molecular weight is 687 g/mol. The summed E-state index contributed by atoms with van der Waals surface area (Å²) in [6, 6.07) is 34.6. The second-order valence-corrected chi connectivity index (χ2v) is 28.3. The van der Waals surface area contributed by atoms with Crippen LogP contribution in [0, 0.1) is 11.5 Å². The van der Waals surface area contributed by atoms with Crippen LogP contribution < -0.4 is 10.4 Å². The first-order valence-corrected chi connectivity index (χ1v) is 25.2. The lowest BCUT2D eigenvalue weighted by Gasteiger charge is -2.45. The second kappa shape index (κ2) is 17.7. The molecule has 254 valence electrons. The lowest BCUT2D eigenvalue weighted by atomic mass is 10.2. The maximum atomic E-state index is 11.8. The highest BCUT2D eigenvalue weighted by molar-refractivity contribution is 6.99. The molecule has 0 radical (unpaired) electrons. The van der Waals surface area contributed by atoms with Gasteiger partial charge < -0.3 is 18.7 Å². The Morgan fingerprint density at radius 3 is 1.68 bits per heavy atom. The van der Waals surface area contributed by atoms with Gasteiger partial charge in [0, 0.05) is 0 Å². The molecule has 0 aliphatic heterocycles. The second-order valence-electron chi connectivity index (χ2n) is 14.5. The van der Waals surface area contributed by atoms with Gasteiger partial charge in [0.05, 0.1) is 19.3 Å². The van der Waals surface area contributed by atoms with Gasteiger partial charge in [-0.1, -0.05) is 170 Å². The molecule has 3 aromatic rings. The van der Waals surface area contributed by atoms with Crippen LogP contribution >= 0.6 is 0 Å². The topological polar surface area (TPSA) is 47.9 Å².